The average molecular weight is 421 g/mol. The third-order valence-corrected chi connectivity index (χ3v) is 5.78. The normalized spacial score (nSPS) is 15.4. The lowest BCUT2D eigenvalue weighted by molar-refractivity contribution is 0.0165. The monoisotopic (exact) mass is 420 g/mol. The van der Waals surface area contributed by atoms with Crippen LogP contribution in [-0.2, 0) is 4.74 Å². The standard InChI is InChI=1S/C25H28N2O4/c1-29-22-11-6-12-23(30-2)24(22)25(28)26-17-21(27-13-15-31-16-14-27)20-10-5-8-18-7-3-4-9-19(18)20/h3-12,21H,13-17H2,1-2H3,(H,26,28)/t21-/m0/s1. The summed E-state index contributed by atoms with van der Waals surface area (Å²) in [5.41, 5.74) is 1.61. The molecule has 3 aromatic rings. The second-order valence-corrected chi connectivity index (χ2v) is 7.48. The summed E-state index contributed by atoms with van der Waals surface area (Å²) in [6.07, 6.45) is 0. The molecule has 6 heteroatoms. The molecule has 1 fully saturated rings. The third kappa shape index (κ3) is 4.50. The zero-order valence-electron chi connectivity index (χ0n) is 18.0. The van der Waals surface area contributed by atoms with Gasteiger partial charge in [-0.05, 0) is 28.5 Å². The van der Waals surface area contributed by atoms with Crippen molar-refractivity contribution < 1.29 is 19.0 Å². The van der Waals surface area contributed by atoms with Gasteiger partial charge in [-0.2, -0.15) is 0 Å². The number of fused-ring (bicyclic) bond motifs is 1. The van der Waals surface area contributed by atoms with Gasteiger partial charge in [0.25, 0.3) is 5.91 Å². The van der Waals surface area contributed by atoms with E-state index in [1.165, 1.54) is 16.3 Å². The number of amides is 1. The van der Waals surface area contributed by atoms with Gasteiger partial charge in [0, 0.05) is 19.6 Å². The molecule has 3 aromatic carbocycles. The maximum Gasteiger partial charge on any atom is 0.258 e. The largest absolute Gasteiger partial charge is 0.496 e. The molecular formula is C25H28N2O4. The van der Waals surface area contributed by atoms with Gasteiger partial charge < -0.3 is 19.5 Å². The molecule has 1 amide bonds. The van der Waals surface area contributed by atoms with Crippen molar-refractivity contribution in [1.82, 2.24) is 10.2 Å². The average Bonchev–Trinajstić information content (AvgIpc) is 2.84. The van der Waals surface area contributed by atoms with Gasteiger partial charge in [0.1, 0.15) is 17.1 Å². The molecule has 162 valence electrons. The molecular weight excluding hydrogens is 392 g/mol. The number of carbonyl (C=O) groups is 1. The Labute approximate surface area is 182 Å². The fourth-order valence-electron chi connectivity index (χ4n) is 4.22. The van der Waals surface area contributed by atoms with Crippen LogP contribution in [0.2, 0.25) is 0 Å². The number of hydrogen-bond acceptors (Lipinski definition) is 5. The van der Waals surface area contributed by atoms with Crippen LogP contribution >= 0.6 is 0 Å². The molecule has 1 heterocycles. The molecule has 0 aromatic heterocycles. The van der Waals surface area contributed by atoms with Crippen molar-refractivity contribution >= 4 is 16.7 Å². The number of benzene rings is 3. The molecule has 1 aliphatic heterocycles. The van der Waals surface area contributed by atoms with Crippen LogP contribution in [0.25, 0.3) is 10.8 Å². The van der Waals surface area contributed by atoms with Crippen LogP contribution in [0, 0.1) is 0 Å². The Bertz CT molecular complexity index is 1020. The Balaban J connectivity index is 1.64. The van der Waals surface area contributed by atoms with Crippen molar-refractivity contribution in [3.63, 3.8) is 0 Å². The lowest BCUT2D eigenvalue weighted by atomic mass is 9.97. The number of methoxy groups -OCH3 is 2. The smallest absolute Gasteiger partial charge is 0.258 e. The van der Waals surface area contributed by atoms with E-state index >= 15 is 0 Å². The van der Waals surface area contributed by atoms with Gasteiger partial charge >= 0.3 is 0 Å². The Morgan fingerprint density at radius 3 is 2.32 bits per heavy atom. The Hall–Kier alpha value is -3.09. The van der Waals surface area contributed by atoms with Crippen LogP contribution < -0.4 is 14.8 Å². The molecule has 4 rings (SSSR count). The first kappa shape index (κ1) is 21.2. The number of nitrogens with zero attached hydrogens (tertiary/aromatic N) is 1. The topological polar surface area (TPSA) is 60.0 Å². The maximum absolute atomic E-state index is 13.2. The molecule has 1 atom stereocenters. The van der Waals surface area contributed by atoms with Crippen LogP contribution in [0.5, 0.6) is 11.5 Å². The predicted molar refractivity (Wildman–Crippen MR) is 121 cm³/mol. The minimum atomic E-state index is -0.215. The van der Waals surface area contributed by atoms with Crippen LogP contribution in [0.1, 0.15) is 22.0 Å². The SMILES string of the molecule is COc1cccc(OC)c1C(=O)NC[C@@H](c1cccc2ccccc12)N1CCOCC1. The number of hydrogen-bond donors (Lipinski definition) is 1. The van der Waals surface area contributed by atoms with Crippen molar-refractivity contribution in [2.45, 2.75) is 6.04 Å². The van der Waals surface area contributed by atoms with Gasteiger partial charge in [-0.25, -0.2) is 0 Å². The van der Waals surface area contributed by atoms with Crippen molar-refractivity contribution in [3.05, 3.63) is 71.8 Å². The van der Waals surface area contributed by atoms with E-state index in [-0.39, 0.29) is 11.9 Å². The van der Waals surface area contributed by atoms with E-state index < -0.39 is 0 Å². The second kappa shape index (κ2) is 9.81. The summed E-state index contributed by atoms with van der Waals surface area (Å²) >= 11 is 0. The highest BCUT2D eigenvalue weighted by atomic mass is 16.5. The molecule has 1 N–H and O–H groups in total. The summed E-state index contributed by atoms with van der Waals surface area (Å²) in [6, 6.07) is 20.1. The van der Waals surface area contributed by atoms with Crippen molar-refractivity contribution in [3.8, 4) is 11.5 Å². The molecule has 1 aliphatic rings. The van der Waals surface area contributed by atoms with Gasteiger partial charge in [0.15, 0.2) is 0 Å². The first-order valence-electron chi connectivity index (χ1n) is 10.5. The Morgan fingerprint density at radius 2 is 1.61 bits per heavy atom. The second-order valence-electron chi connectivity index (χ2n) is 7.48. The summed E-state index contributed by atoms with van der Waals surface area (Å²) in [5.74, 6) is 0.766. The number of rotatable bonds is 7. The highest BCUT2D eigenvalue weighted by Gasteiger charge is 2.26. The van der Waals surface area contributed by atoms with Gasteiger partial charge in [-0.1, -0.05) is 48.5 Å². The molecule has 0 bridgehead atoms. The van der Waals surface area contributed by atoms with E-state index in [1.54, 1.807) is 32.4 Å². The first-order valence-corrected chi connectivity index (χ1v) is 10.5. The molecule has 0 saturated carbocycles. The minimum Gasteiger partial charge on any atom is -0.496 e. The number of nitrogens with one attached hydrogen (secondary N) is 1. The first-order chi connectivity index (χ1) is 15.2. The van der Waals surface area contributed by atoms with Crippen molar-refractivity contribution in [2.75, 3.05) is 47.1 Å². The molecule has 0 spiro atoms. The summed E-state index contributed by atoms with van der Waals surface area (Å²) in [6.45, 7) is 3.49. The molecule has 31 heavy (non-hydrogen) atoms. The highest BCUT2D eigenvalue weighted by molar-refractivity contribution is 5.99. The van der Waals surface area contributed by atoms with E-state index in [1.807, 2.05) is 6.07 Å². The van der Waals surface area contributed by atoms with Crippen LogP contribution in [0.15, 0.2) is 60.7 Å². The zero-order valence-corrected chi connectivity index (χ0v) is 18.0. The van der Waals surface area contributed by atoms with E-state index in [9.17, 15) is 4.79 Å². The molecule has 0 radical (unpaired) electrons. The van der Waals surface area contributed by atoms with Gasteiger partial charge in [0.2, 0.25) is 0 Å². The fourth-order valence-corrected chi connectivity index (χ4v) is 4.22. The Kier molecular flexibility index (Phi) is 6.70. The summed E-state index contributed by atoms with van der Waals surface area (Å²) < 4.78 is 16.4. The zero-order chi connectivity index (χ0) is 21.6. The van der Waals surface area contributed by atoms with Gasteiger partial charge in [-0.3, -0.25) is 9.69 Å². The lowest BCUT2D eigenvalue weighted by Crippen LogP contribution is -2.44. The quantitative estimate of drug-likeness (QED) is 0.632. The van der Waals surface area contributed by atoms with Crippen LogP contribution in [0.3, 0.4) is 0 Å². The number of morpholine rings is 1. The fraction of sp³-hybridized carbons (Fsp3) is 0.320. The van der Waals surface area contributed by atoms with Gasteiger partial charge in [0.05, 0.1) is 33.5 Å². The summed E-state index contributed by atoms with van der Waals surface area (Å²) in [5, 5.41) is 5.52. The summed E-state index contributed by atoms with van der Waals surface area (Å²) in [4.78, 5) is 15.6. The van der Waals surface area contributed by atoms with Gasteiger partial charge in [-0.15, -0.1) is 0 Å². The van der Waals surface area contributed by atoms with Crippen molar-refractivity contribution in [2.24, 2.45) is 0 Å². The molecule has 1 saturated heterocycles. The lowest BCUT2D eigenvalue weighted by Gasteiger charge is -2.35. The van der Waals surface area contributed by atoms with Crippen molar-refractivity contribution in [1.29, 1.82) is 0 Å². The van der Waals surface area contributed by atoms with E-state index in [4.69, 9.17) is 14.2 Å². The summed E-state index contributed by atoms with van der Waals surface area (Å²) in [7, 11) is 3.11. The number of ether oxygens (including phenoxy) is 3. The third-order valence-electron chi connectivity index (χ3n) is 5.78. The number of carbonyl (C=O) groups excluding carboxylic acids is 1. The minimum absolute atomic E-state index is 0.0275. The van der Waals surface area contributed by atoms with E-state index in [0.29, 0.717) is 36.8 Å². The van der Waals surface area contributed by atoms with Crippen LogP contribution in [0.4, 0.5) is 0 Å². The molecule has 0 unspecified atom stereocenters. The Morgan fingerprint density at radius 1 is 0.968 bits per heavy atom. The maximum atomic E-state index is 13.2. The molecule has 0 aliphatic carbocycles. The van der Waals surface area contributed by atoms with Crippen LogP contribution in [-0.4, -0.2) is 57.9 Å². The predicted octanol–water partition coefficient (Wildman–Crippen LogP) is 3.66. The molecule has 6 nitrogen and oxygen atoms in total. The van der Waals surface area contributed by atoms with E-state index in [2.05, 4.69) is 46.6 Å². The van der Waals surface area contributed by atoms with E-state index in [0.717, 1.165) is 13.1 Å². The highest BCUT2D eigenvalue weighted by Crippen LogP contribution is 2.30.